The lowest BCUT2D eigenvalue weighted by Crippen LogP contribution is -2.33. The highest BCUT2D eigenvalue weighted by Crippen LogP contribution is 2.33. The highest BCUT2D eigenvalue weighted by molar-refractivity contribution is 5.81. The fraction of sp³-hybridized carbons (Fsp3) is 0.462. The van der Waals surface area contributed by atoms with Gasteiger partial charge in [-0.25, -0.2) is 0 Å². The number of rotatable bonds is 3. The van der Waals surface area contributed by atoms with Gasteiger partial charge in [0.2, 0.25) is 0 Å². The van der Waals surface area contributed by atoms with Crippen molar-refractivity contribution in [2.45, 2.75) is 12.8 Å². The molecule has 0 aliphatic carbocycles. The van der Waals surface area contributed by atoms with Crippen LogP contribution in [0.25, 0.3) is 0 Å². The second kappa shape index (κ2) is 5.08. The van der Waals surface area contributed by atoms with Crippen LogP contribution in [0.2, 0.25) is 0 Å². The summed E-state index contributed by atoms with van der Waals surface area (Å²) in [5.41, 5.74) is 1.03. The lowest BCUT2D eigenvalue weighted by atomic mass is 10.1. The van der Waals surface area contributed by atoms with Crippen LogP contribution in [0.4, 0.5) is 5.69 Å². The minimum Gasteiger partial charge on any atom is -0.497 e. The van der Waals surface area contributed by atoms with Crippen LogP contribution in [0.3, 0.4) is 0 Å². The predicted octanol–water partition coefficient (Wildman–Crippen LogP) is 1.87. The molecule has 1 fully saturated rings. The van der Waals surface area contributed by atoms with Gasteiger partial charge in [0.1, 0.15) is 17.3 Å². The molecular weight excluding hydrogens is 218 g/mol. The van der Waals surface area contributed by atoms with E-state index in [-0.39, 0.29) is 0 Å². The molecule has 1 aromatic rings. The van der Waals surface area contributed by atoms with Crippen molar-refractivity contribution in [3.8, 4) is 11.5 Å². The fourth-order valence-corrected chi connectivity index (χ4v) is 2.04. The molecule has 1 aromatic carbocycles. The number of nitrogens with zero attached hydrogens (tertiary/aromatic N) is 1. The maximum absolute atomic E-state index is 11.2. The highest BCUT2D eigenvalue weighted by atomic mass is 16.5. The van der Waals surface area contributed by atoms with E-state index in [1.54, 1.807) is 14.2 Å². The second-order valence-corrected chi connectivity index (χ2v) is 4.06. The average molecular weight is 235 g/mol. The van der Waals surface area contributed by atoms with Gasteiger partial charge in [-0.2, -0.15) is 0 Å². The number of methoxy groups -OCH3 is 2. The molecule has 0 unspecified atom stereocenters. The van der Waals surface area contributed by atoms with Crippen molar-refractivity contribution in [1.29, 1.82) is 0 Å². The third-order valence-electron chi connectivity index (χ3n) is 3.05. The van der Waals surface area contributed by atoms with E-state index in [1.165, 1.54) is 0 Å². The SMILES string of the molecule is COc1ccc(N2CCC(=O)CC2)c(OC)c1. The van der Waals surface area contributed by atoms with Gasteiger partial charge in [0, 0.05) is 32.0 Å². The van der Waals surface area contributed by atoms with Crippen molar-refractivity contribution < 1.29 is 14.3 Å². The molecule has 0 spiro atoms. The minimum absolute atomic E-state index is 0.341. The molecule has 0 atom stereocenters. The Balaban J connectivity index is 2.22. The van der Waals surface area contributed by atoms with Gasteiger partial charge in [-0.1, -0.05) is 0 Å². The average Bonchev–Trinajstić information content (AvgIpc) is 2.39. The van der Waals surface area contributed by atoms with Crippen LogP contribution in [-0.2, 0) is 4.79 Å². The van der Waals surface area contributed by atoms with E-state index in [1.807, 2.05) is 18.2 Å². The zero-order valence-corrected chi connectivity index (χ0v) is 10.2. The summed E-state index contributed by atoms with van der Waals surface area (Å²) >= 11 is 0. The summed E-state index contributed by atoms with van der Waals surface area (Å²) in [6.07, 6.45) is 1.24. The normalized spacial score (nSPS) is 15.9. The fourth-order valence-electron chi connectivity index (χ4n) is 2.04. The molecule has 1 aliphatic rings. The largest absolute Gasteiger partial charge is 0.497 e. The summed E-state index contributed by atoms with van der Waals surface area (Å²) in [6, 6.07) is 5.76. The standard InChI is InChI=1S/C13H17NO3/c1-16-11-3-4-12(13(9-11)17-2)14-7-5-10(15)6-8-14/h3-4,9H,5-8H2,1-2H3. The van der Waals surface area contributed by atoms with Gasteiger partial charge in [-0.15, -0.1) is 0 Å². The number of carbonyl (C=O) groups excluding carboxylic acids is 1. The van der Waals surface area contributed by atoms with E-state index in [2.05, 4.69) is 4.90 Å². The molecule has 0 bridgehead atoms. The summed E-state index contributed by atoms with van der Waals surface area (Å²) < 4.78 is 10.5. The molecule has 1 saturated heterocycles. The van der Waals surface area contributed by atoms with Crippen molar-refractivity contribution in [3.05, 3.63) is 18.2 Å². The predicted molar refractivity (Wildman–Crippen MR) is 66.0 cm³/mol. The molecular formula is C13H17NO3. The summed E-state index contributed by atoms with van der Waals surface area (Å²) in [5, 5.41) is 0. The number of ketones is 1. The molecule has 1 aliphatic heterocycles. The van der Waals surface area contributed by atoms with Gasteiger partial charge in [0.25, 0.3) is 0 Å². The van der Waals surface area contributed by atoms with E-state index >= 15 is 0 Å². The van der Waals surface area contributed by atoms with Crippen LogP contribution >= 0.6 is 0 Å². The van der Waals surface area contributed by atoms with Crippen molar-refractivity contribution >= 4 is 11.5 Å². The first kappa shape index (κ1) is 11.8. The zero-order chi connectivity index (χ0) is 12.3. The molecule has 1 heterocycles. The van der Waals surface area contributed by atoms with Gasteiger partial charge in [-0.05, 0) is 12.1 Å². The van der Waals surface area contributed by atoms with Crippen LogP contribution in [-0.4, -0.2) is 33.1 Å². The van der Waals surface area contributed by atoms with Crippen LogP contribution < -0.4 is 14.4 Å². The van der Waals surface area contributed by atoms with E-state index in [0.29, 0.717) is 18.6 Å². The smallest absolute Gasteiger partial charge is 0.145 e. The molecule has 0 N–H and O–H groups in total. The number of hydrogen-bond donors (Lipinski definition) is 0. The number of anilines is 1. The number of benzene rings is 1. The number of carbonyl (C=O) groups is 1. The Morgan fingerprint density at radius 1 is 1.12 bits per heavy atom. The first-order chi connectivity index (χ1) is 8.24. The Morgan fingerprint density at radius 2 is 1.82 bits per heavy atom. The number of piperidine rings is 1. The number of hydrogen-bond acceptors (Lipinski definition) is 4. The Kier molecular flexibility index (Phi) is 3.52. The lowest BCUT2D eigenvalue weighted by Gasteiger charge is -2.29. The molecule has 0 amide bonds. The minimum atomic E-state index is 0.341. The van der Waals surface area contributed by atoms with E-state index < -0.39 is 0 Å². The third-order valence-corrected chi connectivity index (χ3v) is 3.05. The van der Waals surface area contributed by atoms with Crippen LogP contribution in [0, 0.1) is 0 Å². The third kappa shape index (κ3) is 2.52. The Labute approximate surface area is 101 Å². The first-order valence-electron chi connectivity index (χ1n) is 5.73. The van der Waals surface area contributed by atoms with Crippen molar-refractivity contribution in [2.24, 2.45) is 0 Å². The van der Waals surface area contributed by atoms with Crippen molar-refractivity contribution in [2.75, 3.05) is 32.2 Å². The maximum Gasteiger partial charge on any atom is 0.145 e. The summed E-state index contributed by atoms with van der Waals surface area (Å²) in [5.74, 6) is 1.91. The second-order valence-electron chi connectivity index (χ2n) is 4.06. The highest BCUT2D eigenvalue weighted by Gasteiger charge is 2.19. The Bertz CT molecular complexity index is 407. The van der Waals surface area contributed by atoms with Gasteiger partial charge >= 0.3 is 0 Å². The summed E-state index contributed by atoms with van der Waals surface area (Å²) in [6.45, 7) is 1.53. The van der Waals surface area contributed by atoms with Crippen LogP contribution in [0.1, 0.15) is 12.8 Å². The van der Waals surface area contributed by atoms with E-state index in [9.17, 15) is 4.79 Å². The molecule has 92 valence electrons. The molecule has 0 saturated carbocycles. The van der Waals surface area contributed by atoms with Gasteiger partial charge in [0.05, 0.1) is 19.9 Å². The molecule has 17 heavy (non-hydrogen) atoms. The van der Waals surface area contributed by atoms with E-state index in [0.717, 1.165) is 30.3 Å². The molecule has 2 rings (SSSR count). The Hall–Kier alpha value is -1.71. The number of Topliss-reactive ketones (excluding diaryl/α,β-unsaturated/α-hetero) is 1. The van der Waals surface area contributed by atoms with Gasteiger partial charge < -0.3 is 14.4 Å². The maximum atomic E-state index is 11.2. The monoisotopic (exact) mass is 235 g/mol. The summed E-state index contributed by atoms with van der Waals surface area (Å²) in [7, 11) is 3.28. The van der Waals surface area contributed by atoms with Crippen LogP contribution in [0.15, 0.2) is 18.2 Å². The van der Waals surface area contributed by atoms with Crippen molar-refractivity contribution in [1.82, 2.24) is 0 Å². The topological polar surface area (TPSA) is 38.8 Å². The molecule has 4 heteroatoms. The van der Waals surface area contributed by atoms with Crippen LogP contribution in [0.5, 0.6) is 11.5 Å². The van der Waals surface area contributed by atoms with E-state index in [4.69, 9.17) is 9.47 Å². The zero-order valence-electron chi connectivity index (χ0n) is 10.2. The quantitative estimate of drug-likeness (QED) is 0.801. The van der Waals surface area contributed by atoms with Gasteiger partial charge in [-0.3, -0.25) is 4.79 Å². The number of ether oxygens (including phenoxy) is 2. The first-order valence-corrected chi connectivity index (χ1v) is 5.73. The van der Waals surface area contributed by atoms with Crippen molar-refractivity contribution in [3.63, 3.8) is 0 Å². The molecule has 0 aromatic heterocycles. The molecule has 4 nitrogen and oxygen atoms in total. The summed E-state index contributed by atoms with van der Waals surface area (Å²) in [4.78, 5) is 13.4. The lowest BCUT2D eigenvalue weighted by molar-refractivity contribution is -0.119. The van der Waals surface area contributed by atoms with Gasteiger partial charge in [0.15, 0.2) is 0 Å². The Morgan fingerprint density at radius 3 is 2.41 bits per heavy atom. The molecule has 0 radical (unpaired) electrons.